The van der Waals surface area contributed by atoms with Gasteiger partial charge < -0.3 is 0 Å². The zero-order valence-electron chi connectivity index (χ0n) is 15.3. The SMILES string of the molecule is Fc1ccc2c3c(sc2c1)=c1ccc2c4c(ccc=3c14)=c1sc3cc(F)ccc3c1=2. The Balaban J connectivity index is 1.74. The van der Waals surface area contributed by atoms with Gasteiger partial charge in [0.1, 0.15) is 11.6 Å². The first-order chi connectivity index (χ1) is 14.7. The average Bonchev–Trinajstić information content (AvgIpc) is 3.44. The highest BCUT2D eigenvalue weighted by molar-refractivity contribution is 7.17. The third-order valence-electron chi connectivity index (χ3n) is 6.49. The van der Waals surface area contributed by atoms with Crippen molar-refractivity contribution in [2.45, 2.75) is 0 Å². The first-order valence-corrected chi connectivity index (χ1v) is 11.4. The summed E-state index contributed by atoms with van der Waals surface area (Å²) < 4.78 is 32.0. The molecule has 2 heterocycles. The Morgan fingerprint density at radius 3 is 1.40 bits per heavy atom. The molecular formula is C26H10F2S2. The first kappa shape index (κ1) is 15.7. The standard InChI is InChI=1S/C26H10F2S2/c27-11-1-3-13-19(9-11)29-25-17-8-6-16-22-18(7-5-15(21(17)22)23(13)25)26-24(16)14-4-2-12(28)10-20(14)30-26/h1-10H. The smallest absolute Gasteiger partial charge is 0.124 e. The van der Waals surface area contributed by atoms with Gasteiger partial charge in [0.25, 0.3) is 0 Å². The molecule has 0 aliphatic heterocycles. The van der Waals surface area contributed by atoms with E-state index in [1.54, 1.807) is 46.9 Å². The van der Waals surface area contributed by atoms with Crippen LogP contribution in [0.1, 0.15) is 0 Å². The fraction of sp³-hybridized carbons (Fsp3) is 0. The van der Waals surface area contributed by atoms with Crippen LogP contribution >= 0.6 is 22.7 Å². The van der Waals surface area contributed by atoms with E-state index in [1.165, 1.54) is 51.1 Å². The second-order valence-corrected chi connectivity index (χ2v) is 10.1. The third-order valence-corrected chi connectivity index (χ3v) is 8.86. The van der Waals surface area contributed by atoms with Crippen LogP contribution in [0.15, 0.2) is 60.7 Å². The maximum Gasteiger partial charge on any atom is 0.124 e. The fourth-order valence-corrected chi connectivity index (χ4v) is 7.89. The Labute approximate surface area is 174 Å². The molecule has 0 fully saturated rings. The van der Waals surface area contributed by atoms with Crippen molar-refractivity contribution < 1.29 is 8.78 Å². The van der Waals surface area contributed by atoms with Crippen LogP contribution < -0.4 is 0 Å². The van der Waals surface area contributed by atoms with E-state index in [1.807, 2.05) is 12.1 Å². The summed E-state index contributed by atoms with van der Waals surface area (Å²) in [6.07, 6.45) is 0. The molecule has 0 unspecified atom stereocenters. The number of halogens is 2. The van der Waals surface area contributed by atoms with Crippen molar-refractivity contribution in [3.05, 3.63) is 113 Å². The fourth-order valence-electron chi connectivity index (χ4n) is 5.35. The minimum Gasteiger partial charge on any atom is -0.207 e. The Bertz CT molecular complexity index is 2030. The van der Waals surface area contributed by atoms with E-state index in [9.17, 15) is 8.78 Å². The quantitative estimate of drug-likeness (QED) is 0.239. The highest BCUT2D eigenvalue weighted by Crippen LogP contribution is 2.38. The molecule has 0 saturated carbocycles. The molecule has 0 N–H and O–H groups in total. The molecule has 2 aromatic heterocycles. The lowest BCUT2D eigenvalue weighted by molar-refractivity contribution is 0.629. The maximum atomic E-state index is 13.8. The Kier molecular flexibility index (Phi) is 2.60. The van der Waals surface area contributed by atoms with Gasteiger partial charge in [-0.1, -0.05) is 24.3 Å². The third kappa shape index (κ3) is 1.65. The van der Waals surface area contributed by atoms with Gasteiger partial charge in [-0.3, -0.25) is 0 Å². The van der Waals surface area contributed by atoms with Gasteiger partial charge in [-0.15, -0.1) is 22.7 Å². The normalized spacial score (nSPS) is 13.0. The molecular weight excluding hydrogens is 414 g/mol. The van der Waals surface area contributed by atoms with E-state index >= 15 is 0 Å². The van der Waals surface area contributed by atoms with Crippen LogP contribution in [0, 0.1) is 52.0 Å². The molecule has 2 aliphatic rings. The first-order valence-electron chi connectivity index (χ1n) is 9.74. The number of thiophene rings is 2. The second-order valence-electron chi connectivity index (χ2n) is 7.96. The summed E-state index contributed by atoms with van der Waals surface area (Å²) in [6, 6.07) is 19.0. The summed E-state index contributed by atoms with van der Waals surface area (Å²) in [7, 11) is 0. The van der Waals surface area contributed by atoms with Crippen LogP contribution in [0.3, 0.4) is 0 Å². The van der Waals surface area contributed by atoms with Crippen molar-refractivity contribution in [3.63, 3.8) is 0 Å². The zero-order chi connectivity index (χ0) is 19.7. The Hall–Kier alpha value is -3.08. The summed E-state index contributed by atoms with van der Waals surface area (Å²) in [5.74, 6) is -0.381. The van der Waals surface area contributed by atoms with E-state index in [2.05, 4.69) is 24.3 Å². The number of fused-ring (bicyclic) bond motifs is 6. The molecule has 30 heavy (non-hydrogen) atoms. The molecule has 0 saturated heterocycles. The lowest BCUT2D eigenvalue weighted by Crippen LogP contribution is -1.80. The lowest BCUT2D eigenvalue weighted by atomic mass is 10.0. The van der Waals surface area contributed by atoms with Gasteiger partial charge >= 0.3 is 0 Å². The summed E-state index contributed by atoms with van der Waals surface area (Å²) in [5, 5.41) is 12.3. The number of rotatable bonds is 0. The van der Waals surface area contributed by atoms with E-state index < -0.39 is 0 Å². The van der Waals surface area contributed by atoms with Crippen LogP contribution in [0.5, 0.6) is 0 Å². The highest BCUT2D eigenvalue weighted by Gasteiger charge is 2.17. The second kappa shape index (κ2) is 4.97. The summed E-state index contributed by atoms with van der Waals surface area (Å²) in [6.45, 7) is 0. The van der Waals surface area contributed by atoms with Crippen molar-refractivity contribution in [2.24, 2.45) is 0 Å². The van der Waals surface area contributed by atoms with Gasteiger partial charge in [-0.05, 0) is 57.6 Å². The number of benzene rings is 4. The van der Waals surface area contributed by atoms with E-state index in [-0.39, 0.29) is 11.6 Å². The average molecular weight is 424 g/mol. The molecule has 6 aromatic rings. The molecule has 0 atom stereocenters. The Morgan fingerprint density at radius 2 is 0.933 bits per heavy atom. The van der Waals surface area contributed by atoms with Gasteiger partial charge in [0.05, 0.1) is 0 Å². The van der Waals surface area contributed by atoms with E-state index in [4.69, 9.17) is 0 Å². The predicted molar refractivity (Wildman–Crippen MR) is 118 cm³/mol. The summed E-state index contributed by atoms with van der Waals surface area (Å²) in [5.41, 5.74) is 0. The minimum atomic E-state index is -0.191. The van der Waals surface area contributed by atoms with Crippen LogP contribution in [0.25, 0.3) is 30.9 Å². The molecule has 0 bridgehead atoms. The van der Waals surface area contributed by atoms with Crippen molar-refractivity contribution in [2.75, 3.05) is 0 Å². The molecule has 140 valence electrons. The maximum absolute atomic E-state index is 13.8. The molecule has 8 rings (SSSR count). The lowest BCUT2D eigenvalue weighted by Gasteiger charge is -1.99. The molecule has 0 spiro atoms. The predicted octanol–water partition coefficient (Wildman–Crippen LogP) is 7.32. The highest BCUT2D eigenvalue weighted by atomic mass is 32.1. The molecule has 0 nitrogen and oxygen atoms in total. The van der Waals surface area contributed by atoms with Crippen LogP contribution in [-0.4, -0.2) is 0 Å². The van der Waals surface area contributed by atoms with Gasteiger partial charge in [0, 0.05) is 50.1 Å². The zero-order valence-corrected chi connectivity index (χ0v) is 17.0. The monoisotopic (exact) mass is 424 g/mol. The largest absolute Gasteiger partial charge is 0.207 e. The molecule has 4 heteroatoms. The van der Waals surface area contributed by atoms with E-state index in [0.717, 1.165) is 20.2 Å². The van der Waals surface area contributed by atoms with Gasteiger partial charge in [0.15, 0.2) is 0 Å². The molecule has 4 aromatic carbocycles. The number of hydrogen-bond donors (Lipinski definition) is 0. The summed E-state index contributed by atoms with van der Waals surface area (Å²) >= 11 is 3.35. The van der Waals surface area contributed by atoms with Crippen molar-refractivity contribution >= 4 is 53.6 Å². The van der Waals surface area contributed by atoms with Gasteiger partial charge in [-0.25, -0.2) is 8.78 Å². The summed E-state index contributed by atoms with van der Waals surface area (Å²) in [4.78, 5) is 0. The van der Waals surface area contributed by atoms with Gasteiger partial charge in [0.2, 0.25) is 0 Å². The molecule has 0 amide bonds. The topological polar surface area (TPSA) is 0 Å². The van der Waals surface area contributed by atoms with Crippen molar-refractivity contribution in [1.82, 2.24) is 0 Å². The van der Waals surface area contributed by atoms with Crippen LogP contribution in [0.4, 0.5) is 8.78 Å². The van der Waals surface area contributed by atoms with Crippen LogP contribution in [0.2, 0.25) is 0 Å². The molecule has 2 aliphatic carbocycles. The Morgan fingerprint density at radius 1 is 0.500 bits per heavy atom. The minimum absolute atomic E-state index is 0.191. The molecule has 0 radical (unpaired) electrons. The van der Waals surface area contributed by atoms with Crippen LogP contribution in [-0.2, 0) is 0 Å². The van der Waals surface area contributed by atoms with E-state index in [0.29, 0.717) is 0 Å². The number of hydrogen-bond acceptors (Lipinski definition) is 2. The van der Waals surface area contributed by atoms with Gasteiger partial charge in [-0.2, -0.15) is 0 Å². The van der Waals surface area contributed by atoms with Crippen molar-refractivity contribution in [1.29, 1.82) is 0 Å². The van der Waals surface area contributed by atoms with Crippen molar-refractivity contribution in [3.8, 4) is 0 Å².